The van der Waals surface area contributed by atoms with Crippen LogP contribution in [0, 0.1) is 0 Å². The minimum Gasteiger partial charge on any atom is -0.463 e. The molecule has 5 atom stereocenters. The Balaban J connectivity index is 1.58. The van der Waals surface area contributed by atoms with E-state index < -0.39 is 72.9 Å². The first kappa shape index (κ1) is 33.1. The number of esters is 4. The van der Waals surface area contributed by atoms with Gasteiger partial charge in [-0.2, -0.15) is 0 Å². The second-order valence-electron chi connectivity index (χ2n) is 11.6. The molecule has 5 heterocycles. The number of hydrogen-bond donors (Lipinski definition) is 1. The molecule has 2 aliphatic rings. The normalized spacial score (nSPS) is 22.5. The van der Waals surface area contributed by atoms with E-state index in [0.29, 0.717) is 22.0 Å². The van der Waals surface area contributed by atoms with Gasteiger partial charge in [0.15, 0.2) is 24.5 Å². The Labute approximate surface area is 278 Å². The van der Waals surface area contributed by atoms with E-state index in [4.69, 9.17) is 23.7 Å². The Bertz CT molecular complexity index is 2060. The van der Waals surface area contributed by atoms with Crippen molar-refractivity contribution in [2.45, 2.75) is 58.3 Å². The predicted octanol–water partition coefficient (Wildman–Crippen LogP) is 2.68. The van der Waals surface area contributed by atoms with E-state index >= 15 is 0 Å². The summed E-state index contributed by atoms with van der Waals surface area (Å²) in [6, 6.07) is 8.99. The molecule has 1 fully saturated rings. The lowest BCUT2D eigenvalue weighted by Gasteiger charge is -2.44. The molecular weight excluding hydrogens is 640 g/mol. The number of carbonyl (C=O) groups is 6. The fourth-order valence-corrected chi connectivity index (χ4v) is 6.36. The van der Waals surface area contributed by atoms with E-state index in [1.54, 1.807) is 23.0 Å². The highest BCUT2D eigenvalue weighted by Gasteiger charge is 2.53. The molecule has 1 aromatic carbocycles. The first-order chi connectivity index (χ1) is 23.4. The van der Waals surface area contributed by atoms with Crippen LogP contribution in [0.2, 0.25) is 0 Å². The molecule has 1 unspecified atom stereocenters. The zero-order valence-corrected chi connectivity index (χ0v) is 27.1. The van der Waals surface area contributed by atoms with Crippen molar-refractivity contribution in [1.82, 2.24) is 19.4 Å². The van der Waals surface area contributed by atoms with Crippen molar-refractivity contribution < 1.29 is 52.5 Å². The number of aromatic amines is 1. The van der Waals surface area contributed by atoms with E-state index in [1.807, 2.05) is 24.3 Å². The first-order valence-corrected chi connectivity index (χ1v) is 15.3. The van der Waals surface area contributed by atoms with Crippen molar-refractivity contribution in [2.24, 2.45) is 0 Å². The van der Waals surface area contributed by atoms with Gasteiger partial charge in [0.05, 0.1) is 16.7 Å². The van der Waals surface area contributed by atoms with Crippen LogP contribution in [0.5, 0.6) is 0 Å². The summed E-state index contributed by atoms with van der Waals surface area (Å²) >= 11 is 0. The molecule has 0 spiro atoms. The topological polar surface area (TPSA) is 185 Å². The van der Waals surface area contributed by atoms with Gasteiger partial charge in [-0.05, 0) is 12.1 Å². The highest BCUT2D eigenvalue weighted by molar-refractivity contribution is 6.50. The number of nitrogens with one attached hydrogen (secondary N) is 1. The molecule has 0 aliphatic carbocycles. The molecule has 49 heavy (non-hydrogen) atoms. The van der Waals surface area contributed by atoms with Gasteiger partial charge in [-0.15, -0.1) is 0 Å². The first-order valence-electron chi connectivity index (χ1n) is 15.3. The van der Waals surface area contributed by atoms with Crippen LogP contribution in [0.3, 0.4) is 0 Å². The Morgan fingerprint density at radius 1 is 0.816 bits per heavy atom. The van der Waals surface area contributed by atoms with Gasteiger partial charge in [0.25, 0.3) is 11.8 Å². The van der Waals surface area contributed by atoms with Gasteiger partial charge in [-0.25, -0.2) is 0 Å². The van der Waals surface area contributed by atoms with Crippen LogP contribution in [-0.4, -0.2) is 93.2 Å². The van der Waals surface area contributed by atoms with Crippen molar-refractivity contribution in [1.29, 1.82) is 0 Å². The Hall–Kier alpha value is -5.83. The van der Waals surface area contributed by atoms with Crippen molar-refractivity contribution in [3.05, 3.63) is 66.2 Å². The van der Waals surface area contributed by atoms with Gasteiger partial charge in [-0.3, -0.25) is 38.7 Å². The molecule has 1 N–H and O–H groups in total. The number of rotatable bonds is 8. The maximum absolute atomic E-state index is 13.9. The molecule has 6 rings (SSSR count). The maximum Gasteiger partial charge on any atom is 0.303 e. The third kappa shape index (κ3) is 6.04. The number of nitrogens with zero attached hydrogens (tertiary/aromatic N) is 3. The average Bonchev–Trinajstić information content (AvgIpc) is 3.70. The molecule has 254 valence electrons. The van der Waals surface area contributed by atoms with Crippen LogP contribution < -0.4 is 0 Å². The molecule has 0 saturated carbocycles. The third-order valence-electron chi connectivity index (χ3n) is 8.29. The summed E-state index contributed by atoms with van der Waals surface area (Å²) in [4.78, 5) is 85.0. The van der Waals surface area contributed by atoms with E-state index in [9.17, 15) is 28.8 Å². The number of fused-ring (bicyclic) bond motifs is 2. The zero-order chi connectivity index (χ0) is 35.1. The van der Waals surface area contributed by atoms with Gasteiger partial charge in [0.2, 0.25) is 0 Å². The summed E-state index contributed by atoms with van der Waals surface area (Å²) in [6.45, 7) is 4.17. The summed E-state index contributed by atoms with van der Waals surface area (Å²) in [5.41, 5.74) is 2.30. The van der Waals surface area contributed by atoms with Crippen molar-refractivity contribution >= 4 is 68.6 Å². The number of para-hydroxylation sites is 1. The molecule has 2 aliphatic heterocycles. The van der Waals surface area contributed by atoms with Crippen LogP contribution in [0.15, 0.2) is 55.1 Å². The highest BCUT2D eigenvalue weighted by Crippen LogP contribution is 2.43. The fraction of sp³-hybridized carbons (Fsp3) is 0.324. The smallest absolute Gasteiger partial charge is 0.303 e. The largest absolute Gasteiger partial charge is 0.463 e. The SMILES string of the molecule is CC(=O)OC[C@H]1OC(n2cc(C3=C(c4c[nH]c5ccccc45)C(=O)N(C)C3=O)c3cnccc32)[C@H](OC(C)=O)[C@@H](OC(C)=O)[C@@H]1OC(C)=O. The number of benzene rings is 1. The summed E-state index contributed by atoms with van der Waals surface area (Å²) in [5.74, 6) is -4.03. The van der Waals surface area contributed by atoms with Gasteiger partial charge >= 0.3 is 23.9 Å². The standard InChI is InChI=1S/C34H32N4O11/c1-16(39)45-15-26-29(46-17(2)40)30(47-18(3)41)31(48-19(4)42)34(49-26)38-14-23(21-12-35-11-10-25(21)38)28-27(32(43)37(5)33(28)44)22-13-36-24-9-7-6-8-20(22)24/h6-14,26,29-31,34,36H,15H2,1-5H3/t26-,29-,30+,31-,34?/m1/s1. The summed E-state index contributed by atoms with van der Waals surface area (Å²) in [6.07, 6.45) is -0.471. The molecule has 4 aromatic rings. The molecule has 3 aromatic heterocycles. The predicted molar refractivity (Wildman–Crippen MR) is 170 cm³/mol. The van der Waals surface area contributed by atoms with Gasteiger partial charge < -0.3 is 33.2 Å². The molecule has 0 bridgehead atoms. The number of imide groups is 1. The van der Waals surface area contributed by atoms with Gasteiger partial charge in [0.1, 0.15) is 12.7 Å². The summed E-state index contributed by atoms with van der Waals surface area (Å²) in [7, 11) is 1.39. The number of likely N-dealkylation sites (N-methyl/N-ethyl adjacent to an activating group) is 1. The van der Waals surface area contributed by atoms with Gasteiger partial charge in [0, 0.05) is 86.9 Å². The maximum atomic E-state index is 13.9. The second-order valence-corrected chi connectivity index (χ2v) is 11.6. The second kappa shape index (κ2) is 13.0. The average molecular weight is 673 g/mol. The molecule has 1 saturated heterocycles. The lowest BCUT2D eigenvalue weighted by Crippen LogP contribution is -2.60. The quantitative estimate of drug-likeness (QED) is 0.164. The zero-order valence-electron chi connectivity index (χ0n) is 27.1. The van der Waals surface area contributed by atoms with Crippen molar-refractivity contribution in [2.75, 3.05) is 13.7 Å². The molecule has 15 heteroatoms. The van der Waals surface area contributed by atoms with E-state index in [-0.39, 0.29) is 11.1 Å². The number of pyridine rings is 1. The lowest BCUT2D eigenvalue weighted by molar-refractivity contribution is -0.267. The van der Waals surface area contributed by atoms with Crippen LogP contribution >= 0.6 is 0 Å². The minimum absolute atomic E-state index is 0.0969. The number of ether oxygens (including phenoxy) is 5. The van der Waals surface area contributed by atoms with Crippen molar-refractivity contribution in [3.8, 4) is 0 Å². The molecule has 15 nitrogen and oxygen atoms in total. The minimum atomic E-state index is -1.42. The van der Waals surface area contributed by atoms with Crippen LogP contribution in [0.4, 0.5) is 0 Å². The van der Waals surface area contributed by atoms with Gasteiger partial charge in [-0.1, -0.05) is 18.2 Å². The molecule has 2 amide bonds. The fourth-order valence-electron chi connectivity index (χ4n) is 6.36. The Kier molecular flexibility index (Phi) is 8.77. The lowest BCUT2D eigenvalue weighted by atomic mass is 9.96. The molecule has 0 radical (unpaired) electrons. The van der Waals surface area contributed by atoms with E-state index in [2.05, 4.69) is 9.97 Å². The number of amides is 2. The van der Waals surface area contributed by atoms with E-state index in [1.165, 1.54) is 26.4 Å². The number of H-pyrrole nitrogens is 1. The molecular formula is C34H32N4O11. The Morgan fingerprint density at radius 2 is 1.45 bits per heavy atom. The van der Waals surface area contributed by atoms with Crippen LogP contribution in [0.25, 0.3) is 33.0 Å². The van der Waals surface area contributed by atoms with E-state index in [0.717, 1.165) is 36.6 Å². The third-order valence-corrected chi connectivity index (χ3v) is 8.29. The van der Waals surface area contributed by atoms with Crippen LogP contribution in [0.1, 0.15) is 45.0 Å². The van der Waals surface area contributed by atoms with Crippen molar-refractivity contribution in [3.63, 3.8) is 0 Å². The van der Waals surface area contributed by atoms with Crippen LogP contribution in [-0.2, 0) is 52.5 Å². The summed E-state index contributed by atoms with van der Waals surface area (Å²) in [5, 5.41) is 1.17. The monoisotopic (exact) mass is 672 g/mol. The number of aromatic nitrogens is 3. The highest BCUT2D eigenvalue weighted by atomic mass is 16.7. The number of carbonyl (C=O) groups excluding carboxylic acids is 6. The Morgan fingerprint density at radius 3 is 2.12 bits per heavy atom. The number of hydrogen-bond acceptors (Lipinski definition) is 12. The summed E-state index contributed by atoms with van der Waals surface area (Å²) < 4.78 is 30.0.